The molecule has 0 fully saturated rings. The van der Waals surface area contributed by atoms with E-state index < -0.39 is 29.6 Å². The van der Waals surface area contributed by atoms with Gasteiger partial charge in [-0.25, -0.2) is 4.79 Å². The highest BCUT2D eigenvalue weighted by molar-refractivity contribution is 5.87. The van der Waals surface area contributed by atoms with Gasteiger partial charge in [0, 0.05) is 6.42 Å². The second-order valence-electron chi connectivity index (χ2n) is 7.65. The largest absolute Gasteiger partial charge is 0.485 e. The van der Waals surface area contributed by atoms with E-state index in [2.05, 4.69) is 5.32 Å². The zero-order valence-corrected chi connectivity index (χ0v) is 16.3. The normalized spacial score (nSPS) is 16.8. The van der Waals surface area contributed by atoms with Gasteiger partial charge in [-0.1, -0.05) is 42.5 Å². The first-order chi connectivity index (χ1) is 13.3. The first-order valence-electron chi connectivity index (χ1n) is 9.27. The third-order valence-electron chi connectivity index (χ3n) is 4.09. The van der Waals surface area contributed by atoms with Crippen molar-refractivity contribution < 1.29 is 23.8 Å². The molecule has 0 radical (unpaired) electrons. The van der Waals surface area contributed by atoms with Crippen LogP contribution in [0.25, 0.3) is 0 Å². The van der Waals surface area contributed by atoms with Crippen LogP contribution in [0.4, 0.5) is 0 Å². The van der Waals surface area contributed by atoms with Gasteiger partial charge >= 0.3 is 5.97 Å². The van der Waals surface area contributed by atoms with Gasteiger partial charge in [0.05, 0.1) is 0 Å². The number of fused-ring (bicyclic) bond motifs is 1. The minimum absolute atomic E-state index is 0.0786. The second-order valence-corrected chi connectivity index (χ2v) is 7.65. The zero-order valence-electron chi connectivity index (χ0n) is 16.3. The summed E-state index contributed by atoms with van der Waals surface area (Å²) in [6.07, 6.45) is -0.512. The van der Waals surface area contributed by atoms with E-state index in [0.717, 1.165) is 5.56 Å². The molecule has 1 amide bonds. The van der Waals surface area contributed by atoms with Crippen LogP contribution in [0.2, 0.25) is 0 Å². The van der Waals surface area contributed by atoms with Crippen LogP contribution in [0.15, 0.2) is 54.6 Å². The van der Waals surface area contributed by atoms with Crippen LogP contribution in [-0.2, 0) is 20.7 Å². The van der Waals surface area contributed by atoms with Crippen molar-refractivity contribution in [1.29, 1.82) is 0 Å². The number of esters is 1. The van der Waals surface area contributed by atoms with Crippen LogP contribution in [-0.4, -0.2) is 36.2 Å². The van der Waals surface area contributed by atoms with Gasteiger partial charge in [-0.2, -0.15) is 0 Å². The molecule has 1 aliphatic heterocycles. The molecule has 0 unspecified atom stereocenters. The van der Waals surface area contributed by atoms with Crippen molar-refractivity contribution >= 4 is 11.9 Å². The average Bonchev–Trinajstić information content (AvgIpc) is 2.66. The number of carbonyl (C=O) groups excluding carboxylic acids is 2. The monoisotopic (exact) mass is 383 g/mol. The molecule has 28 heavy (non-hydrogen) atoms. The van der Waals surface area contributed by atoms with E-state index in [1.807, 2.05) is 36.4 Å². The highest BCUT2D eigenvalue weighted by Gasteiger charge is 2.32. The Balaban J connectivity index is 1.71. The summed E-state index contributed by atoms with van der Waals surface area (Å²) in [5.74, 6) is 0.202. The first-order valence-corrected chi connectivity index (χ1v) is 9.27. The Morgan fingerprint density at radius 1 is 1.07 bits per heavy atom. The van der Waals surface area contributed by atoms with Gasteiger partial charge in [0.1, 0.15) is 18.2 Å². The van der Waals surface area contributed by atoms with Crippen molar-refractivity contribution in [2.45, 2.75) is 44.9 Å². The molecule has 1 aliphatic rings. The maximum Gasteiger partial charge on any atom is 0.329 e. The van der Waals surface area contributed by atoms with Crippen LogP contribution < -0.4 is 14.8 Å². The molecule has 0 aromatic heterocycles. The number of hydrogen-bond donors (Lipinski definition) is 1. The Hall–Kier alpha value is -3.02. The summed E-state index contributed by atoms with van der Waals surface area (Å²) in [6, 6.07) is 15.8. The zero-order chi connectivity index (χ0) is 20.1. The predicted octanol–water partition coefficient (Wildman–Crippen LogP) is 2.90. The van der Waals surface area contributed by atoms with E-state index in [1.165, 1.54) is 0 Å². The number of ether oxygens (including phenoxy) is 3. The van der Waals surface area contributed by atoms with Crippen molar-refractivity contribution in [3.63, 3.8) is 0 Å². The minimum atomic E-state index is -0.837. The van der Waals surface area contributed by atoms with Gasteiger partial charge < -0.3 is 19.5 Å². The molecule has 148 valence electrons. The Morgan fingerprint density at radius 2 is 1.71 bits per heavy atom. The van der Waals surface area contributed by atoms with Crippen molar-refractivity contribution in [3.05, 3.63) is 60.2 Å². The topological polar surface area (TPSA) is 73.9 Å². The van der Waals surface area contributed by atoms with Gasteiger partial charge in [-0.15, -0.1) is 0 Å². The number of amides is 1. The fourth-order valence-electron chi connectivity index (χ4n) is 2.83. The molecular formula is C22H25NO5. The lowest BCUT2D eigenvalue weighted by Crippen LogP contribution is -2.52. The molecule has 1 heterocycles. The van der Waals surface area contributed by atoms with Gasteiger partial charge in [0.25, 0.3) is 5.91 Å². The average molecular weight is 383 g/mol. The Labute approximate surface area is 164 Å². The highest BCUT2D eigenvalue weighted by atomic mass is 16.6. The van der Waals surface area contributed by atoms with Gasteiger partial charge in [-0.3, -0.25) is 4.79 Å². The molecular weight excluding hydrogens is 358 g/mol. The number of nitrogens with one attached hydrogen (secondary N) is 1. The van der Waals surface area contributed by atoms with E-state index >= 15 is 0 Å². The number of benzene rings is 2. The Kier molecular flexibility index (Phi) is 5.87. The molecule has 2 atom stereocenters. The van der Waals surface area contributed by atoms with Crippen molar-refractivity contribution in [1.82, 2.24) is 5.32 Å². The van der Waals surface area contributed by atoms with Gasteiger partial charge in [0.2, 0.25) is 6.10 Å². The third kappa shape index (κ3) is 5.25. The lowest BCUT2D eigenvalue weighted by atomic mass is 10.1. The molecule has 6 heteroatoms. The minimum Gasteiger partial charge on any atom is -0.485 e. The molecule has 1 N–H and O–H groups in total. The predicted molar refractivity (Wildman–Crippen MR) is 104 cm³/mol. The Bertz CT molecular complexity index is 828. The molecule has 6 nitrogen and oxygen atoms in total. The summed E-state index contributed by atoms with van der Waals surface area (Å²) in [6.45, 7) is 5.46. The fraction of sp³-hybridized carbons (Fsp3) is 0.364. The third-order valence-corrected chi connectivity index (χ3v) is 4.09. The summed E-state index contributed by atoms with van der Waals surface area (Å²) in [5, 5.41) is 2.77. The van der Waals surface area contributed by atoms with E-state index in [4.69, 9.17) is 14.2 Å². The number of para-hydroxylation sites is 2. The summed E-state index contributed by atoms with van der Waals surface area (Å²) in [4.78, 5) is 25.4. The SMILES string of the molecule is CC(C)(C)OC(=O)[C@H](Cc1ccccc1)NC(=O)[C@@H]1COc2ccccc2O1. The molecule has 2 aromatic rings. The van der Waals surface area contributed by atoms with E-state index in [9.17, 15) is 9.59 Å². The number of hydrogen-bond acceptors (Lipinski definition) is 5. The van der Waals surface area contributed by atoms with Gasteiger partial charge in [-0.05, 0) is 38.5 Å². The fourth-order valence-corrected chi connectivity index (χ4v) is 2.83. The van der Waals surface area contributed by atoms with Crippen molar-refractivity contribution in [2.24, 2.45) is 0 Å². The molecule has 3 rings (SSSR count). The summed E-state index contributed by atoms with van der Waals surface area (Å²) >= 11 is 0. The van der Waals surface area contributed by atoms with E-state index in [0.29, 0.717) is 17.9 Å². The smallest absolute Gasteiger partial charge is 0.329 e. The number of rotatable bonds is 5. The number of carbonyl (C=O) groups is 2. The van der Waals surface area contributed by atoms with Crippen LogP contribution in [0.1, 0.15) is 26.3 Å². The van der Waals surface area contributed by atoms with Crippen molar-refractivity contribution in [3.8, 4) is 11.5 Å². The highest BCUT2D eigenvalue weighted by Crippen LogP contribution is 2.30. The van der Waals surface area contributed by atoms with Crippen LogP contribution in [0.5, 0.6) is 11.5 Å². The van der Waals surface area contributed by atoms with Crippen LogP contribution in [0, 0.1) is 0 Å². The molecule has 0 aliphatic carbocycles. The summed E-state index contributed by atoms with van der Waals surface area (Å²) in [5.41, 5.74) is 0.268. The summed E-state index contributed by atoms with van der Waals surface area (Å²) < 4.78 is 16.8. The molecule has 0 spiro atoms. The molecule has 0 saturated heterocycles. The van der Waals surface area contributed by atoms with Crippen molar-refractivity contribution in [2.75, 3.05) is 6.61 Å². The Morgan fingerprint density at radius 3 is 2.39 bits per heavy atom. The maximum absolute atomic E-state index is 12.8. The van der Waals surface area contributed by atoms with Crippen LogP contribution in [0.3, 0.4) is 0 Å². The second kappa shape index (κ2) is 8.33. The molecule has 0 bridgehead atoms. The summed E-state index contributed by atoms with van der Waals surface area (Å²) in [7, 11) is 0. The maximum atomic E-state index is 12.8. The molecule has 0 saturated carbocycles. The lowest BCUT2D eigenvalue weighted by molar-refractivity contribution is -0.159. The van der Waals surface area contributed by atoms with E-state index in [-0.39, 0.29) is 6.61 Å². The molecule has 2 aromatic carbocycles. The standard InChI is InChI=1S/C22H25NO5/c1-22(2,3)28-21(25)16(13-15-9-5-4-6-10-15)23-20(24)19-14-26-17-11-7-8-12-18(17)27-19/h4-12,16,19H,13-14H2,1-3H3,(H,23,24)/t16-,19-/m0/s1. The lowest BCUT2D eigenvalue weighted by Gasteiger charge is -2.28. The first kappa shape index (κ1) is 19.7. The van der Waals surface area contributed by atoms with Gasteiger partial charge in [0.15, 0.2) is 11.5 Å². The van der Waals surface area contributed by atoms with E-state index in [1.54, 1.807) is 39.0 Å². The van der Waals surface area contributed by atoms with Crippen LogP contribution >= 0.6 is 0 Å². The quantitative estimate of drug-likeness (QED) is 0.804.